The van der Waals surface area contributed by atoms with Crippen molar-refractivity contribution in [1.82, 2.24) is 4.57 Å². The second kappa shape index (κ2) is 8.04. The molecule has 1 aromatic carbocycles. The number of hydrogen-bond donors (Lipinski definition) is 0. The molecule has 148 valence electrons. The van der Waals surface area contributed by atoms with Crippen LogP contribution in [0.3, 0.4) is 0 Å². The molecule has 27 heavy (non-hydrogen) atoms. The van der Waals surface area contributed by atoms with Crippen LogP contribution < -0.4 is 4.57 Å². The number of benzene rings is 1. The SMILES string of the molecule is CCc1n(C)c2cc(C)ccc2[n+]1CC(=O)OC1C[C@H](C)CC[C@H]1C(C)C. The summed E-state index contributed by atoms with van der Waals surface area (Å²) in [5.41, 5.74) is 3.51. The maximum Gasteiger partial charge on any atom is 0.348 e. The van der Waals surface area contributed by atoms with Gasteiger partial charge in [-0.05, 0) is 55.2 Å². The van der Waals surface area contributed by atoms with E-state index in [4.69, 9.17) is 4.74 Å². The summed E-state index contributed by atoms with van der Waals surface area (Å²) in [7, 11) is 2.08. The van der Waals surface area contributed by atoms with Crippen molar-refractivity contribution in [3.8, 4) is 0 Å². The predicted octanol–water partition coefficient (Wildman–Crippen LogP) is 4.34. The molecule has 1 unspecified atom stereocenters. The van der Waals surface area contributed by atoms with Gasteiger partial charge in [0.1, 0.15) is 6.10 Å². The lowest BCUT2D eigenvalue weighted by Gasteiger charge is -2.36. The number of nitrogens with zero attached hydrogens (tertiary/aromatic N) is 2. The molecule has 1 heterocycles. The zero-order valence-electron chi connectivity index (χ0n) is 17.8. The quantitative estimate of drug-likeness (QED) is 0.579. The van der Waals surface area contributed by atoms with E-state index in [1.165, 1.54) is 17.5 Å². The summed E-state index contributed by atoms with van der Waals surface area (Å²) in [6, 6.07) is 6.42. The van der Waals surface area contributed by atoms with Crippen molar-refractivity contribution in [3.63, 3.8) is 0 Å². The summed E-state index contributed by atoms with van der Waals surface area (Å²) in [6.07, 6.45) is 4.34. The van der Waals surface area contributed by atoms with E-state index in [0.717, 1.165) is 30.6 Å². The second-order valence-electron chi connectivity index (χ2n) is 8.76. The Morgan fingerprint density at radius 1 is 1.33 bits per heavy atom. The third-order valence-electron chi connectivity index (χ3n) is 6.33. The molecular formula is C23H35N2O2+. The minimum absolute atomic E-state index is 0.0594. The fourth-order valence-corrected chi connectivity index (χ4v) is 4.78. The van der Waals surface area contributed by atoms with Crippen molar-refractivity contribution in [2.75, 3.05) is 0 Å². The van der Waals surface area contributed by atoms with Gasteiger partial charge in [-0.15, -0.1) is 0 Å². The molecular weight excluding hydrogens is 336 g/mol. The molecule has 0 N–H and O–H groups in total. The lowest BCUT2D eigenvalue weighted by molar-refractivity contribution is -0.668. The summed E-state index contributed by atoms with van der Waals surface area (Å²) >= 11 is 0. The minimum Gasteiger partial charge on any atom is -0.459 e. The zero-order valence-corrected chi connectivity index (χ0v) is 17.8. The Morgan fingerprint density at radius 2 is 2.07 bits per heavy atom. The number of aromatic nitrogens is 2. The van der Waals surface area contributed by atoms with E-state index < -0.39 is 0 Å². The molecule has 2 aromatic rings. The molecule has 1 fully saturated rings. The van der Waals surface area contributed by atoms with Crippen LogP contribution in [0, 0.1) is 24.7 Å². The van der Waals surface area contributed by atoms with Gasteiger partial charge in [-0.3, -0.25) is 0 Å². The van der Waals surface area contributed by atoms with Crippen molar-refractivity contribution in [2.45, 2.75) is 73.0 Å². The topological polar surface area (TPSA) is 35.1 Å². The summed E-state index contributed by atoms with van der Waals surface area (Å²) in [6.45, 7) is 11.3. The molecule has 1 aromatic heterocycles. The molecule has 0 radical (unpaired) electrons. The molecule has 0 spiro atoms. The molecule has 3 atom stereocenters. The summed E-state index contributed by atoms with van der Waals surface area (Å²) < 4.78 is 10.4. The average molecular weight is 372 g/mol. The molecule has 0 amide bonds. The first-order chi connectivity index (χ1) is 12.8. The van der Waals surface area contributed by atoms with Gasteiger partial charge in [0.2, 0.25) is 0 Å². The smallest absolute Gasteiger partial charge is 0.348 e. The van der Waals surface area contributed by atoms with E-state index in [9.17, 15) is 4.79 Å². The van der Waals surface area contributed by atoms with E-state index in [-0.39, 0.29) is 12.1 Å². The normalized spacial score (nSPS) is 23.1. The summed E-state index contributed by atoms with van der Waals surface area (Å²) in [4.78, 5) is 12.9. The maximum atomic E-state index is 12.9. The predicted molar refractivity (Wildman–Crippen MR) is 108 cm³/mol. The fourth-order valence-electron chi connectivity index (χ4n) is 4.78. The lowest BCUT2D eigenvalue weighted by Crippen LogP contribution is -2.44. The third kappa shape index (κ3) is 4.04. The first-order valence-electron chi connectivity index (χ1n) is 10.5. The molecule has 0 bridgehead atoms. The first-order valence-corrected chi connectivity index (χ1v) is 10.5. The maximum absolute atomic E-state index is 12.9. The number of hydrogen-bond acceptors (Lipinski definition) is 2. The van der Waals surface area contributed by atoms with Gasteiger partial charge in [0.05, 0.1) is 7.05 Å². The Kier molecular flexibility index (Phi) is 5.92. The van der Waals surface area contributed by atoms with Crippen molar-refractivity contribution < 1.29 is 14.1 Å². The number of fused-ring (bicyclic) bond motifs is 1. The van der Waals surface area contributed by atoms with Crippen molar-refractivity contribution >= 4 is 17.0 Å². The molecule has 1 aliphatic carbocycles. The minimum atomic E-state index is -0.104. The Hall–Kier alpha value is -1.84. The van der Waals surface area contributed by atoms with Crippen LogP contribution >= 0.6 is 0 Å². The number of esters is 1. The molecule has 1 aliphatic rings. The highest BCUT2D eigenvalue weighted by Crippen LogP contribution is 2.35. The lowest BCUT2D eigenvalue weighted by atomic mass is 9.75. The number of carbonyl (C=O) groups is 1. The first kappa shape index (κ1) is 19.9. The van der Waals surface area contributed by atoms with Gasteiger partial charge in [0.15, 0.2) is 17.6 Å². The van der Waals surface area contributed by atoms with Crippen molar-refractivity contribution in [3.05, 3.63) is 29.6 Å². The van der Waals surface area contributed by atoms with Crippen molar-refractivity contribution in [2.24, 2.45) is 24.8 Å². The van der Waals surface area contributed by atoms with E-state index in [1.54, 1.807) is 0 Å². The van der Waals surface area contributed by atoms with Gasteiger partial charge in [-0.25, -0.2) is 13.9 Å². The number of carbonyl (C=O) groups excluding carboxylic acids is 1. The van der Waals surface area contributed by atoms with Gasteiger partial charge in [-0.2, -0.15) is 0 Å². The van der Waals surface area contributed by atoms with Crippen LogP contribution in [0.25, 0.3) is 11.0 Å². The van der Waals surface area contributed by atoms with Crippen LogP contribution in [0.5, 0.6) is 0 Å². The summed E-state index contributed by atoms with van der Waals surface area (Å²) in [5, 5.41) is 0. The average Bonchev–Trinajstić information content (AvgIpc) is 2.85. The molecule has 1 saturated carbocycles. The standard InChI is InChI=1S/C23H35N2O2/c1-7-22-24(6)20-12-16(4)9-11-19(20)25(22)14-23(26)27-21-13-17(5)8-10-18(21)15(2)3/h9,11-12,15,17-18,21H,7-8,10,13-14H2,1-6H3/q+1/t17-,18+,21?/m1/s1. The largest absolute Gasteiger partial charge is 0.459 e. The number of rotatable bonds is 5. The van der Waals surface area contributed by atoms with Gasteiger partial charge in [0, 0.05) is 6.42 Å². The van der Waals surface area contributed by atoms with Crippen LogP contribution in [0.15, 0.2) is 18.2 Å². The molecule has 0 saturated heterocycles. The van der Waals surface area contributed by atoms with Crippen LogP contribution in [-0.2, 0) is 29.5 Å². The Morgan fingerprint density at radius 3 is 2.74 bits per heavy atom. The molecule has 3 rings (SSSR count). The highest BCUT2D eigenvalue weighted by Gasteiger charge is 2.34. The monoisotopic (exact) mass is 371 g/mol. The Labute approximate surface area is 163 Å². The van der Waals surface area contributed by atoms with E-state index in [1.807, 2.05) is 0 Å². The zero-order chi connectivity index (χ0) is 19.7. The van der Waals surface area contributed by atoms with Crippen molar-refractivity contribution in [1.29, 1.82) is 0 Å². The van der Waals surface area contributed by atoms with E-state index >= 15 is 0 Å². The van der Waals surface area contributed by atoms with Gasteiger partial charge in [0.25, 0.3) is 5.82 Å². The van der Waals surface area contributed by atoms with Crippen LogP contribution in [0.1, 0.15) is 58.3 Å². The van der Waals surface area contributed by atoms with E-state index in [0.29, 0.717) is 24.3 Å². The number of imidazole rings is 1. The van der Waals surface area contributed by atoms with Gasteiger partial charge < -0.3 is 4.74 Å². The highest BCUT2D eigenvalue weighted by atomic mass is 16.5. The summed E-state index contributed by atoms with van der Waals surface area (Å²) in [5.74, 6) is 2.72. The number of aryl methyl sites for hydroxylation is 2. The fraction of sp³-hybridized carbons (Fsp3) is 0.652. The Balaban J connectivity index is 1.83. The number of ether oxygens (including phenoxy) is 1. The second-order valence-corrected chi connectivity index (χ2v) is 8.76. The van der Waals surface area contributed by atoms with Gasteiger partial charge in [-0.1, -0.05) is 40.2 Å². The van der Waals surface area contributed by atoms with Gasteiger partial charge >= 0.3 is 5.97 Å². The van der Waals surface area contributed by atoms with E-state index in [2.05, 4.69) is 69.0 Å². The van der Waals surface area contributed by atoms with Crippen LogP contribution in [-0.4, -0.2) is 16.6 Å². The third-order valence-corrected chi connectivity index (χ3v) is 6.33. The molecule has 4 heteroatoms. The molecule has 4 nitrogen and oxygen atoms in total. The molecule has 0 aliphatic heterocycles. The van der Waals surface area contributed by atoms with Crippen LogP contribution in [0.4, 0.5) is 0 Å². The van der Waals surface area contributed by atoms with Crippen LogP contribution in [0.2, 0.25) is 0 Å². The Bertz CT molecular complexity index is 821. The highest BCUT2D eigenvalue weighted by molar-refractivity contribution is 5.74.